The Balaban J connectivity index is 2.12. The molecule has 1 aliphatic rings. The van der Waals surface area contributed by atoms with E-state index in [0.717, 1.165) is 22.2 Å². The van der Waals surface area contributed by atoms with Gasteiger partial charge < -0.3 is 0 Å². The van der Waals surface area contributed by atoms with Gasteiger partial charge in [-0.15, -0.1) is 0 Å². The van der Waals surface area contributed by atoms with E-state index in [4.69, 9.17) is 0 Å². The predicted octanol–water partition coefficient (Wildman–Crippen LogP) is 3.23. The number of allylic oxidation sites excluding steroid dienone is 1. The molecule has 2 nitrogen and oxygen atoms in total. The van der Waals surface area contributed by atoms with Crippen LogP contribution in [0.4, 0.5) is 0 Å². The van der Waals surface area contributed by atoms with Gasteiger partial charge in [-0.05, 0) is 33.6 Å². The van der Waals surface area contributed by atoms with E-state index < -0.39 is 0 Å². The lowest BCUT2D eigenvalue weighted by molar-refractivity contribution is 1.12. The Morgan fingerprint density at radius 3 is 3.00 bits per heavy atom. The fourth-order valence-electron chi connectivity index (χ4n) is 1.97. The molecule has 1 aliphatic carbocycles. The van der Waals surface area contributed by atoms with E-state index >= 15 is 0 Å². The molecule has 2 aromatic rings. The van der Waals surface area contributed by atoms with Crippen molar-refractivity contribution in [2.24, 2.45) is 0 Å². The molecule has 0 radical (unpaired) electrons. The predicted molar refractivity (Wildman–Crippen MR) is 67.0 cm³/mol. The van der Waals surface area contributed by atoms with Crippen molar-refractivity contribution in [3.63, 3.8) is 0 Å². The second-order valence-electron chi connectivity index (χ2n) is 3.71. The van der Waals surface area contributed by atoms with Gasteiger partial charge in [0.1, 0.15) is 0 Å². The van der Waals surface area contributed by atoms with Gasteiger partial charge in [0.15, 0.2) is 0 Å². The Labute approximate surface area is 102 Å². The van der Waals surface area contributed by atoms with Crippen molar-refractivity contribution in [1.29, 1.82) is 0 Å². The van der Waals surface area contributed by atoms with E-state index in [9.17, 15) is 0 Å². The standard InChI is InChI=1S/C13H9BrN2/c14-10-6-12-11(3-4-13(12)16-8-10)9-2-1-5-15-7-9/h1-3,5-8H,4H2. The minimum absolute atomic E-state index is 0.910. The first-order chi connectivity index (χ1) is 7.84. The van der Waals surface area contributed by atoms with Crippen LogP contribution in [-0.4, -0.2) is 9.97 Å². The minimum atomic E-state index is 0.910. The van der Waals surface area contributed by atoms with Crippen molar-refractivity contribution in [1.82, 2.24) is 9.97 Å². The number of hydrogen-bond acceptors (Lipinski definition) is 2. The van der Waals surface area contributed by atoms with Gasteiger partial charge in [0, 0.05) is 40.6 Å². The van der Waals surface area contributed by atoms with Crippen LogP contribution in [0.2, 0.25) is 0 Å². The Kier molecular flexibility index (Phi) is 2.33. The summed E-state index contributed by atoms with van der Waals surface area (Å²) < 4.78 is 1.02. The van der Waals surface area contributed by atoms with Crippen molar-refractivity contribution in [3.05, 3.63) is 64.2 Å². The van der Waals surface area contributed by atoms with E-state index in [-0.39, 0.29) is 0 Å². The third kappa shape index (κ3) is 1.57. The van der Waals surface area contributed by atoms with E-state index in [2.05, 4.69) is 44.1 Å². The maximum Gasteiger partial charge on any atom is 0.0520 e. The average molecular weight is 273 g/mol. The second-order valence-corrected chi connectivity index (χ2v) is 4.63. The summed E-state index contributed by atoms with van der Waals surface area (Å²) in [5.41, 5.74) is 4.74. The molecule has 0 saturated carbocycles. The van der Waals surface area contributed by atoms with Crippen LogP contribution < -0.4 is 0 Å². The number of nitrogens with zero attached hydrogens (tertiary/aromatic N) is 2. The van der Waals surface area contributed by atoms with Crippen molar-refractivity contribution in [2.75, 3.05) is 0 Å². The zero-order valence-electron chi connectivity index (χ0n) is 8.52. The van der Waals surface area contributed by atoms with Gasteiger partial charge in [-0.1, -0.05) is 12.1 Å². The van der Waals surface area contributed by atoms with Crippen LogP contribution in [0.1, 0.15) is 16.8 Å². The highest BCUT2D eigenvalue weighted by atomic mass is 79.9. The Morgan fingerprint density at radius 2 is 2.19 bits per heavy atom. The summed E-state index contributed by atoms with van der Waals surface area (Å²) >= 11 is 3.46. The lowest BCUT2D eigenvalue weighted by Crippen LogP contribution is -1.90. The number of hydrogen-bond donors (Lipinski definition) is 0. The topological polar surface area (TPSA) is 25.8 Å². The van der Waals surface area contributed by atoms with Gasteiger partial charge in [0.05, 0.1) is 5.69 Å². The van der Waals surface area contributed by atoms with Crippen LogP contribution in [0.3, 0.4) is 0 Å². The molecule has 3 rings (SSSR count). The normalized spacial score (nSPS) is 13.4. The van der Waals surface area contributed by atoms with Crippen LogP contribution in [0.25, 0.3) is 5.57 Å². The summed E-state index contributed by atoms with van der Waals surface area (Å²) in [6.45, 7) is 0. The largest absolute Gasteiger partial charge is 0.264 e. The zero-order valence-corrected chi connectivity index (χ0v) is 10.1. The summed E-state index contributed by atoms with van der Waals surface area (Å²) in [4.78, 5) is 8.57. The van der Waals surface area contributed by atoms with Crippen LogP contribution in [0.5, 0.6) is 0 Å². The van der Waals surface area contributed by atoms with Crippen molar-refractivity contribution < 1.29 is 0 Å². The number of pyridine rings is 2. The average Bonchev–Trinajstić information content (AvgIpc) is 2.73. The lowest BCUT2D eigenvalue weighted by atomic mass is 10.0. The molecule has 0 saturated heterocycles. The molecule has 3 heteroatoms. The van der Waals surface area contributed by atoms with Gasteiger partial charge >= 0.3 is 0 Å². The van der Waals surface area contributed by atoms with Crippen LogP contribution in [0.15, 0.2) is 47.3 Å². The van der Waals surface area contributed by atoms with Gasteiger partial charge in [0.25, 0.3) is 0 Å². The molecule has 0 bridgehead atoms. The van der Waals surface area contributed by atoms with Crippen LogP contribution >= 0.6 is 15.9 Å². The number of fused-ring (bicyclic) bond motifs is 1. The Bertz CT molecular complexity index is 561. The molecule has 78 valence electrons. The molecule has 2 heterocycles. The van der Waals surface area contributed by atoms with Crippen LogP contribution in [-0.2, 0) is 6.42 Å². The third-order valence-corrected chi connectivity index (χ3v) is 3.13. The maximum atomic E-state index is 4.42. The Hall–Kier alpha value is -1.48. The number of rotatable bonds is 1. The molecule has 0 N–H and O–H groups in total. The van der Waals surface area contributed by atoms with Crippen molar-refractivity contribution in [2.45, 2.75) is 6.42 Å². The van der Waals surface area contributed by atoms with Gasteiger partial charge in [0.2, 0.25) is 0 Å². The first kappa shape index (κ1) is 9.73. The zero-order chi connectivity index (χ0) is 11.0. The molecule has 0 fully saturated rings. The molecule has 0 spiro atoms. The highest BCUT2D eigenvalue weighted by Crippen LogP contribution is 2.32. The SMILES string of the molecule is Brc1cnc2c(c1)C(c1cccnc1)=CC2. The quantitative estimate of drug-likeness (QED) is 0.797. The van der Waals surface area contributed by atoms with Gasteiger partial charge in [-0.3, -0.25) is 9.97 Å². The molecule has 16 heavy (non-hydrogen) atoms. The summed E-state index contributed by atoms with van der Waals surface area (Å²) in [6.07, 6.45) is 8.65. The summed E-state index contributed by atoms with van der Waals surface area (Å²) in [5.74, 6) is 0. The van der Waals surface area contributed by atoms with Crippen molar-refractivity contribution in [3.8, 4) is 0 Å². The summed E-state index contributed by atoms with van der Waals surface area (Å²) in [7, 11) is 0. The number of aromatic nitrogens is 2. The fraction of sp³-hybridized carbons (Fsp3) is 0.0769. The van der Waals surface area contributed by atoms with E-state index in [1.54, 1.807) is 6.20 Å². The monoisotopic (exact) mass is 272 g/mol. The summed E-state index contributed by atoms with van der Waals surface area (Å²) in [6, 6.07) is 6.16. The fourth-order valence-corrected chi connectivity index (χ4v) is 2.30. The molecule has 0 amide bonds. The summed E-state index contributed by atoms with van der Waals surface area (Å²) in [5, 5.41) is 0. The van der Waals surface area contributed by atoms with E-state index in [1.807, 2.05) is 18.5 Å². The van der Waals surface area contributed by atoms with E-state index in [1.165, 1.54) is 11.1 Å². The molecule has 0 aromatic carbocycles. The molecule has 2 aromatic heterocycles. The number of halogens is 1. The maximum absolute atomic E-state index is 4.42. The first-order valence-corrected chi connectivity index (χ1v) is 5.89. The highest BCUT2D eigenvalue weighted by Gasteiger charge is 2.16. The Morgan fingerprint density at radius 1 is 1.25 bits per heavy atom. The lowest BCUT2D eigenvalue weighted by Gasteiger charge is -2.05. The smallest absolute Gasteiger partial charge is 0.0520 e. The highest BCUT2D eigenvalue weighted by molar-refractivity contribution is 9.10. The molecular formula is C13H9BrN2. The first-order valence-electron chi connectivity index (χ1n) is 5.10. The molecule has 0 unspecified atom stereocenters. The molecular weight excluding hydrogens is 264 g/mol. The minimum Gasteiger partial charge on any atom is -0.264 e. The van der Waals surface area contributed by atoms with Gasteiger partial charge in [-0.25, -0.2) is 0 Å². The second kappa shape index (κ2) is 3.83. The van der Waals surface area contributed by atoms with Crippen molar-refractivity contribution >= 4 is 21.5 Å². The van der Waals surface area contributed by atoms with Crippen LogP contribution in [0, 0.1) is 0 Å². The van der Waals surface area contributed by atoms with Gasteiger partial charge in [-0.2, -0.15) is 0 Å². The molecule has 0 aliphatic heterocycles. The van der Waals surface area contributed by atoms with E-state index in [0.29, 0.717) is 0 Å². The third-order valence-electron chi connectivity index (χ3n) is 2.70. The molecule has 0 atom stereocenters.